The molecule has 2 aromatic rings. The lowest BCUT2D eigenvalue weighted by Gasteiger charge is -2.15. The van der Waals surface area contributed by atoms with Crippen LogP contribution in [0.5, 0.6) is 5.75 Å². The number of benzene rings is 2. The van der Waals surface area contributed by atoms with Crippen LogP contribution in [0.3, 0.4) is 0 Å². The fourth-order valence-electron chi connectivity index (χ4n) is 1.80. The van der Waals surface area contributed by atoms with Crippen molar-refractivity contribution in [2.24, 2.45) is 10.9 Å². The largest absolute Gasteiger partial charge is 0.483 e. The van der Waals surface area contributed by atoms with E-state index in [1.807, 2.05) is 37.3 Å². The Balaban J connectivity index is 2.18. The molecule has 3 N–H and O–H groups in total. The summed E-state index contributed by atoms with van der Waals surface area (Å²) < 4.78 is 19.5. The van der Waals surface area contributed by atoms with Crippen LogP contribution in [0, 0.1) is 5.82 Å². The van der Waals surface area contributed by atoms with Gasteiger partial charge in [-0.2, -0.15) is 0 Å². The molecule has 4 nitrogen and oxygen atoms in total. The highest BCUT2D eigenvalue weighted by molar-refractivity contribution is 5.97. The number of oxime groups is 1. The average Bonchev–Trinajstić information content (AvgIpc) is 2.49. The maximum Gasteiger partial charge on any atom is 0.170 e. The molecular weight excluding hydrogens is 259 g/mol. The van der Waals surface area contributed by atoms with E-state index >= 15 is 0 Å². The summed E-state index contributed by atoms with van der Waals surface area (Å²) in [7, 11) is 0. The average molecular weight is 274 g/mol. The van der Waals surface area contributed by atoms with Crippen LogP contribution in [0.4, 0.5) is 4.39 Å². The number of hydrogen-bond donors (Lipinski definition) is 2. The van der Waals surface area contributed by atoms with Gasteiger partial charge < -0.3 is 15.7 Å². The highest BCUT2D eigenvalue weighted by Crippen LogP contribution is 2.25. The topological polar surface area (TPSA) is 67.8 Å². The SMILES string of the molecule is CC(Oc1ccc(/C(N)=N/O)cc1F)c1ccccc1. The van der Waals surface area contributed by atoms with Crippen LogP contribution in [0.1, 0.15) is 24.2 Å². The van der Waals surface area contributed by atoms with Gasteiger partial charge in [-0.1, -0.05) is 35.5 Å². The molecule has 0 aliphatic carbocycles. The van der Waals surface area contributed by atoms with Crippen LogP contribution >= 0.6 is 0 Å². The number of nitrogens with two attached hydrogens (primary N) is 1. The molecule has 0 radical (unpaired) electrons. The zero-order valence-electron chi connectivity index (χ0n) is 11.0. The monoisotopic (exact) mass is 274 g/mol. The van der Waals surface area contributed by atoms with E-state index in [0.29, 0.717) is 5.56 Å². The lowest BCUT2D eigenvalue weighted by Crippen LogP contribution is -2.13. The molecule has 1 atom stereocenters. The van der Waals surface area contributed by atoms with Gasteiger partial charge in [0.2, 0.25) is 0 Å². The first-order valence-electron chi connectivity index (χ1n) is 6.11. The second kappa shape index (κ2) is 6.06. The van der Waals surface area contributed by atoms with E-state index in [1.165, 1.54) is 18.2 Å². The Morgan fingerprint density at radius 3 is 2.55 bits per heavy atom. The molecule has 1 unspecified atom stereocenters. The van der Waals surface area contributed by atoms with Gasteiger partial charge >= 0.3 is 0 Å². The summed E-state index contributed by atoms with van der Waals surface area (Å²) in [5, 5.41) is 11.4. The molecule has 20 heavy (non-hydrogen) atoms. The maximum absolute atomic E-state index is 13.9. The predicted molar refractivity (Wildman–Crippen MR) is 74.4 cm³/mol. The number of nitrogens with zero attached hydrogens (tertiary/aromatic N) is 1. The highest BCUT2D eigenvalue weighted by atomic mass is 19.1. The van der Waals surface area contributed by atoms with Gasteiger partial charge in [0, 0.05) is 5.56 Å². The molecule has 0 saturated carbocycles. The van der Waals surface area contributed by atoms with E-state index in [-0.39, 0.29) is 17.7 Å². The molecule has 0 aliphatic rings. The lowest BCUT2D eigenvalue weighted by atomic mass is 10.1. The Kier molecular flexibility index (Phi) is 4.20. The Labute approximate surface area is 116 Å². The molecule has 0 aromatic heterocycles. The summed E-state index contributed by atoms with van der Waals surface area (Å²) in [6.07, 6.45) is -0.277. The summed E-state index contributed by atoms with van der Waals surface area (Å²) in [5.74, 6) is -0.584. The Morgan fingerprint density at radius 2 is 1.95 bits per heavy atom. The molecule has 0 saturated heterocycles. The van der Waals surface area contributed by atoms with Crippen LogP contribution in [0.15, 0.2) is 53.7 Å². The molecule has 104 valence electrons. The minimum atomic E-state index is -0.558. The smallest absolute Gasteiger partial charge is 0.170 e. The van der Waals surface area contributed by atoms with E-state index in [9.17, 15) is 4.39 Å². The Morgan fingerprint density at radius 1 is 1.25 bits per heavy atom. The van der Waals surface area contributed by atoms with Crippen LogP contribution in [0.2, 0.25) is 0 Å². The zero-order valence-corrected chi connectivity index (χ0v) is 11.0. The van der Waals surface area contributed by atoms with Gasteiger partial charge in [0.15, 0.2) is 17.4 Å². The van der Waals surface area contributed by atoms with Gasteiger partial charge in [0.1, 0.15) is 6.10 Å². The number of hydrogen-bond acceptors (Lipinski definition) is 3. The molecule has 0 bridgehead atoms. The summed E-state index contributed by atoms with van der Waals surface area (Å²) in [6.45, 7) is 1.84. The number of ether oxygens (including phenoxy) is 1. The van der Waals surface area contributed by atoms with Gasteiger partial charge in [0.05, 0.1) is 0 Å². The second-order valence-electron chi connectivity index (χ2n) is 4.30. The zero-order chi connectivity index (χ0) is 14.5. The minimum absolute atomic E-state index is 0.121. The summed E-state index contributed by atoms with van der Waals surface area (Å²) in [4.78, 5) is 0. The van der Waals surface area contributed by atoms with Crippen molar-refractivity contribution in [3.05, 3.63) is 65.5 Å². The molecule has 0 heterocycles. The van der Waals surface area contributed by atoms with Crippen molar-refractivity contribution in [1.82, 2.24) is 0 Å². The van der Waals surface area contributed by atoms with E-state index < -0.39 is 5.82 Å². The minimum Gasteiger partial charge on any atom is -0.483 e. The second-order valence-corrected chi connectivity index (χ2v) is 4.30. The summed E-state index contributed by atoms with van der Waals surface area (Å²) in [5.41, 5.74) is 6.65. The van der Waals surface area contributed by atoms with Crippen molar-refractivity contribution >= 4 is 5.84 Å². The maximum atomic E-state index is 13.9. The van der Waals surface area contributed by atoms with Gasteiger partial charge in [0.25, 0.3) is 0 Å². The van der Waals surface area contributed by atoms with E-state index in [2.05, 4.69) is 5.16 Å². The molecule has 2 rings (SSSR count). The van der Waals surface area contributed by atoms with Crippen molar-refractivity contribution in [2.45, 2.75) is 13.0 Å². The first kappa shape index (κ1) is 13.9. The van der Waals surface area contributed by atoms with Gasteiger partial charge in [-0.25, -0.2) is 4.39 Å². The lowest BCUT2D eigenvalue weighted by molar-refractivity contribution is 0.216. The molecule has 0 spiro atoms. The predicted octanol–water partition coefficient (Wildman–Crippen LogP) is 3.06. The Bertz CT molecular complexity index is 615. The van der Waals surface area contributed by atoms with Gasteiger partial charge in [-0.3, -0.25) is 0 Å². The molecule has 5 heteroatoms. The van der Waals surface area contributed by atoms with Gasteiger partial charge in [-0.05, 0) is 30.7 Å². The third-order valence-electron chi connectivity index (χ3n) is 2.91. The standard InChI is InChI=1S/C15H15FN2O2/c1-10(11-5-3-2-4-6-11)20-14-8-7-12(9-13(14)16)15(17)18-19/h2-10,19H,1H3,(H2,17,18). The molecule has 0 aliphatic heterocycles. The van der Waals surface area contributed by atoms with Crippen LogP contribution < -0.4 is 10.5 Å². The van der Waals surface area contributed by atoms with Gasteiger partial charge in [-0.15, -0.1) is 0 Å². The molecule has 0 amide bonds. The third-order valence-corrected chi connectivity index (χ3v) is 2.91. The Hall–Kier alpha value is -2.56. The van der Waals surface area contributed by atoms with Crippen molar-refractivity contribution in [1.29, 1.82) is 0 Å². The van der Waals surface area contributed by atoms with Crippen molar-refractivity contribution in [3.63, 3.8) is 0 Å². The quantitative estimate of drug-likeness (QED) is 0.389. The summed E-state index contributed by atoms with van der Waals surface area (Å²) in [6, 6.07) is 13.7. The van der Waals surface area contributed by atoms with Crippen LogP contribution in [-0.2, 0) is 0 Å². The third kappa shape index (κ3) is 3.06. The van der Waals surface area contributed by atoms with Crippen molar-refractivity contribution < 1.29 is 14.3 Å². The number of amidine groups is 1. The molecule has 2 aromatic carbocycles. The van der Waals surface area contributed by atoms with Crippen molar-refractivity contribution in [2.75, 3.05) is 0 Å². The highest BCUT2D eigenvalue weighted by Gasteiger charge is 2.12. The molecule has 0 fully saturated rings. The fourth-order valence-corrected chi connectivity index (χ4v) is 1.80. The van der Waals surface area contributed by atoms with Crippen LogP contribution in [-0.4, -0.2) is 11.0 Å². The van der Waals surface area contributed by atoms with E-state index in [1.54, 1.807) is 0 Å². The van der Waals surface area contributed by atoms with E-state index in [0.717, 1.165) is 5.56 Å². The fraction of sp³-hybridized carbons (Fsp3) is 0.133. The summed E-state index contributed by atoms with van der Waals surface area (Å²) >= 11 is 0. The molecular formula is C15H15FN2O2. The first-order valence-corrected chi connectivity index (χ1v) is 6.11. The van der Waals surface area contributed by atoms with E-state index in [4.69, 9.17) is 15.7 Å². The van der Waals surface area contributed by atoms with Crippen molar-refractivity contribution in [3.8, 4) is 5.75 Å². The number of rotatable bonds is 4. The first-order chi connectivity index (χ1) is 9.61. The normalized spacial score (nSPS) is 13.0. The number of halogens is 1. The van der Waals surface area contributed by atoms with Crippen LogP contribution in [0.25, 0.3) is 0 Å².